The van der Waals surface area contributed by atoms with Gasteiger partial charge in [-0.05, 0) is 12.5 Å². The lowest BCUT2D eigenvalue weighted by atomic mass is 10.2. The van der Waals surface area contributed by atoms with Gasteiger partial charge in [0.15, 0.2) is 5.75 Å². The molecule has 0 unspecified atom stereocenters. The Morgan fingerprint density at radius 3 is 2.63 bits per heavy atom. The van der Waals surface area contributed by atoms with Crippen molar-refractivity contribution in [3.8, 4) is 5.75 Å². The van der Waals surface area contributed by atoms with Crippen LogP contribution in [0.1, 0.15) is 18.2 Å². The van der Waals surface area contributed by atoms with Crippen LogP contribution in [0.25, 0.3) is 0 Å². The van der Waals surface area contributed by atoms with Crippen molar-refractivity contribution in [1.29, 1.82) is 0 Å². The minimum atomic E-state index is -0.204. The number of aliphatic hydroxyl groups excluding tert-OH is 1. The van der Waals surface area contributed by atoms with Crippen LogP contribution in [0.3, 0.4) is 0 Å². The fraction of sp³-hybridized carbons (Fsp3) is 0.267. The van der Waals surface area contributed by atoms with Gasteiger partial charge in [0.1, 0.15) is 6.61 Å². The summed E-state index contributed by atoms with van der Waals surface area (Å²) in [6.07, 6.45) is 1.65. The number of benzene rings is 1. The van der Waals surface area contributed by atoms with E-state index in [-0.39, 0.29) is 12.0 Å². The second-order valence-electron chi connectivity index (χ2n) is 4.21. The summed E-state index contributed by atoms with van der Waals surface area (Å²) < 4.78 is 7.36. The Labute approximate surface area is 111 Å². The van der Waals surface area contributed by atoms with E-state index in [9.17, 15) is 9.90 Å². The van der Waals surface area contributed by atoms with Gasteiger partial charge in [-0.3, -0.25) is 4.79 Å². The second-order valence-corrected chi connectivity index (χ2v) is 4.21. The Morgan fingerprint density at radius 2 is 2.00 bits per heavy atom. The predicted octanol–water partition coefficient (Wildman–Crippen LogP) is 1.94. The smallest absolute Gasteiger partial charge is 0.223 e. The van der Waals surface area contributed by atoms with E-state index < -0.39 is 0 Å². The minimum absolute atomic E-state index is 0.151. The number of pyridine rings is 1. The molecular formula is C15H17NO3. The molecule has 4 heteroatoms. The summed E-state index contributed by atoms with van der Waals surface area (Å²) in [7, 11) is 0. The Kier molecular flexibility index (Phi) is 4.36. The van der Waals surface area contributed by atoms with Crippen LogP contribution >= 0.6 is 0 Å². The van der Waals surface area contributed by atoms with Gasteiger partial charge in [-0.25, -0.2) is 0 Å². The van der Waals surface area contributed by atoms with Gasteiger partial charge >= 0.3 is 0 Å². The summed E-state index contributed by atoms with van der Waals surface area (Å²) >= 11 is 0. The van der Waals surface area contributed by atoms with Crippen LogP contribution in [0.4, 0.5) is 0 Å². The molecule has 0 bridgehead atoms. The third kappa shape index (κ3) is 3.23. The van der Waals surface area contributed by atoms with Crippen molar-refractivity contribution in [3.05, 3.63) is 64.1 Å². The number of ether oxygens (including phenoxy) is 1. The fourth-order valence-electron chi connectivity index (χ4n) is 1.87. The van der Waals surface area contributed by atoms with Crippen molar-refractivity contribution in [2.24, 2.45) is 0 Å². The SMILES string of the molecule is CCn1cc(OCc2ccccc2)c(=O)cc1CO. The third-order valence-electron chi connectivity index (χ3n) is 2.92. The van der Waals surface area contributed by atoms with E-state index in [0.717, 1.165) is 5.56 Å². The maximum absolute atomic E-state index is 11.8. The van der Waals surface area contributed by atoms with Gasteiger partial charge in [-0.15, -0.1) is 0 Å². The molecule has 0 saturated heterocycles. The van der Waals surface area contributed by atoms with E-state index in [1.807, 2.05) is 41.8 Å². The van der Waals surface area contributed by atoms with Crippen molar-refractivity contribution in [3.63, 3.8) is 0 Å². The highest BCUT2D eigenvalue weighted by molar-refractivity contribution is 5.23. The summed E-state index contributed by atoms with van der Waals surface area (Å²) in [6, 6.07) is 11.1. The van der Waals surface area contributed by atoms with Gasteiger partial charge in [0, 0.05) is 18.3 Å². The summed E-state index contributed by atoms with van der Waals surface area (Å²) in [6.45, 7) is 2.84. The van der Waals surface area contributed by atoms with Crippen LogP contribution in [-0.2, 0) is 19.8 Å². The average Bonchev–Trinajstić information content (AvgIpc) is 2.46. The predicted molar refractivity (Wildman–Crippen MR) is 73.1 cm³/mol. The van der Waals surface area contributed by atoms with E-state index in [1.165, 1.54) is 6.07 Å². The van der Waals surface area contributed by atoms with Gasteiger partial charge in [0.05, 0.1) is 12.8 Å². The number of hydrogen-bond acceptors (Lipinski definition) is 3. The van der Waals surface area contributed by atoms with Gasteiger partial charge in [-0.1, -0.05) is 30.3 Å². The van der Waals surface area contributed by atoms with Crippen LogP contribution in [-0.4, -0.2) is 9.67 Å². The first-order valence-corrected chi connectivity index (χ1v) is 6.25. The Hall–Kier alpha value is -2.07. The molecule has 0 aliphatic rings. The molecule has 2 aromatic rings. The zero-order chi connectivity index (χ0) is 13.7. The summed E-state index contributed by atoms with van der Waals surface area (Å²) in [5.74, 6) is 0.308. The Balaban J connectivity index is 2.19. The highest BCUT2D eigenvalue weighted by Crippen LogP contribution is 2.10. The number of rotatable bonds is 5. The topological polar surface area (TPSA) is 51.5 Å². The van der Waals surface area contributed by atoms with Crippen LogP contribution in [0.2, 0.25) is 0 Å². The van der Waals surface area contributed by atoms with Crippen LogP contribution < -0.4 is 10.2 Å². The highest BCUT2D eigenvalue weighted by atomic mass is 16.5. The molecule has 1 N–H and O–H groups in total. The molecule has 0 fully saturated rings. The standard InChI is InChI=1S/C15H17NO3/c1-2-16-9-15(14(18)8-13(16)10-17)19-11-12-6-4-3-5-7-12/h3-9,17H,2,10-11H2,1H3. The van der Waals surface area contributed by atoms with E-state index in [4.69, 9.17) is 4.74 Å². The molecule has 0 saturated carbocycles. The number of aryl methyl sites for hydroxylation is 1. The lowest BCUT2D eigenvalue weighted by Crippen LogP contribution is -2.15. The average molecular weight is 259 g/mol. The van der Waals surface area contributed by atoms with Crippen molar-refractivity contribution < 1.29 is 9.84 Å². The molecule has 19 heavy (non-hydrogen) atoms. The van der Waals surface area contributed by atoms with E-state index in [1.54, 1.807) is 6.20 Å². The van der Waals surface area contributed by atoms with Gasteiger partial charge in [-0.2, -0.15) is 0 Å². The largest absolute Gasteiger partial charge is 0.483 e. The monoisotopic (exact) mass is 259 g/mol. The lowest BCUT2D eigenvalue weighted by molar-refractivity contribution is 0.266. The van der Waals surface area contributed by atoms with Crippen LogP contribution in [0.15, 0.2) is 47.4 Å². The first-order chi connectivity index (χ1) is 9.24. The molecule has 0 aliphatic heterocycles. The molecule has 0 amide bonds. The molecule has 2 rings (SSSR count). The van der Waals surface area contributed by atoms with Crippen molar-refractivity contribution in [1.82, 2.24) is 4.57 Å². The summed E-state index contributed by atoms with van der Waals surface area (Å²) in [5, 5.41) is 9.17. The molecule has 1 aromatic heterocycles. The first kappa shape index (κ1) is 13.4. The Morgan fingerprint density at radius 1 is 1.26 bits per heavy atom. The highest BCUT2D eigenvalue weighted by Gasteiger charge is 2.06. The van der Waals surface area contributed by atoms with Gasteiger partial charge in [0.25, 0.3) is 0 Å². The zero-order valence-corrected chi connectivity index (χ0v) is 10.9. The number of aromatic nitrogens is 1. The number of hydrogen-bond donors (Lipinski definition) is 1. The quantitative estimate of drug-likeness (QED) is 0.892. The van der Waals surface area contributed by atoms with Crippen LogP contribution in [0, 0.1) is 0 Å². The maximum Gasteiger partial charge on any atom is 0.223 e. The van der Waals surface area contributed by atoms with Gasteiger partial charge < -0.3 is 14.4 Å². The molecular weight excluding hydrogens is 242 g/mol. The van der Waals surface area contributed by atoms with Gasteiger partial charge in [0.2, 0.25) is 5.43 Å². The molecule has 0 spiro atoms. The molecule has 0 aliphatic carbocycles. The van der Waals surface area contributed by atoms with E-state index >= 15 is 0 Å². The molecule has 4 nitrogen and oxygen atoms in total. The molecule has 1 heterocycles. The number of nitrogens with zero attached hydrogens (tertiary/aromatic N) is 1. The second kappa shape index (κ2) is 6.20. The van der Waals surface area contributed by atoms with Crippen LogP contribution in [0.5, 0.6) is 5.75 Å². The Bertz CT molecular complexity index is 590. The van der Waals surface area contributed by atoms with E-state index in [2.05, 4.69) is 0 Å². The maximum atomic E-state index is 11.8. The summed E-state index contributed by atoms with van der Waals surface area (Å²) in [5.41, 5.74) is 1.40. The van der Waals surface area contributed by atoms with Crippen molar-refractivity contribution >= 4 is 0 Å². The molecule has 100 valence electrons. The number of aliphatic hydroxyl groups is 1. The zero-order valence-electron chi connectivity index (χ0n) is 10.9. The summed E-state index contributed by atoms with van der Waals surface area (Å²) in [4.78, 5) is 11.8. The third-order valence-corrected chi connectivity index (χ3v) is 2.92. The lowest BCUT2D eigenvalue weighted by Gasteiger charge is -2.12. The van der Waals surface area contributed by atoms with E-state index in [0.29, 0.717) is 24.6 Å². The minimum Gasteiger partial charge on any atom is -0.483 e. The normalized spacial score (nSPS) is 10.4. The molecule has 1 aromatic carbocycles. The first-order valence-electron chi connectivity index (χ1n) is 6.25. The van der Waals surface area contributed by atoms with Crippen molar-refractivity contribution in [2.45, 2.75) is 26.7 Å². The molecule has 0 radical (unpaired) electrons. The van der Waals surface area contributed by atoms with Crippen molar-refractivity contribution in [2.75, 3.05) is 0 Å². The fourth-order valence-corrected chi connectivity index (χ4v) is 1.87. The molecule has 0 atom stereocenters.